The minimum absolute atomic E-state index is 0.00158. The number of benzene rings is 2. The largest absolute Gasteiger partial charge is 0.381 e. The van der Waals surface area contributed by atoms with E-state index in [9.17, 15) is 4.79 Å². The highest BCUT2D eigenvalue weighted by molar-refractivity contribution is 7.17. The van der Waals surface area contributed by atoms with Crippen LogP contribution in [0.15, 0.2) is 59.3 Å². The van der Waals surface area contributed by atoms with Crippen LogP contribution in [0.1, 0.15) is 22.2 Å². The highest BCUT2D eigenvalue weighted by Crippen LogP contribution is 2.32. The summed E-state index contributed by atoms with van der Waals surface area (Å²) in [5.41, 5.74) is 3.51. The van der Waals surface area contributed by atoms with Gasteiger partial charge in [-0.3, -0.25) is 4.79 Å². The third-order valence-electron chi connectivity index (χ3n) is 5.22. The van der Waals surface area contributed by atoms with E-state index in [1.165, 1.54) is 16.9 Å². The molecule has 4 rings (SSSR count). The molecule has 2 aromatic carbocycles. The van der Waals surface area contributed by atoms with Crippen LogP contribution in [0.5, 0.6) is 0 Å². The SMILES string of the molecule is CCN(CCN(C)C)C(=O)c1cnc(-c2noc3cc(NCc4ccccc4)ccc23)s1. The summed E-state index contributed by atoms with van der Waals surface area (Å²) < 4.78 is 5.58. The normalized spacial score (nSPS) is 11.2. The number of hydrogen-bond acceptors (Lipinski definition) is 7. The molecule has 0 spiro atoms. The van der Waals surface area contributed by atoms with E-state index < -0.39 is 0 Å². The Balaban J connectivity index is 1.49. The highest BCUT2D eigenvalue weighted by Gasteiger charge is 2.20. The molecule has 4 aromatic rings. The first-order valence-electron chi connectivity index (χ1n) is 10.6. The molecule has 0 unspecified atom stereocenters. The summed E-state index contributed by atoms with van der Waals surface area (Å²) in [7, 11) is 4.00. The second kappa shape index (κ2) is 9.93. The van der Waals surface area contributed by atoms with Crippen LogP contribution in [-0.2, 0) is 6.54 Å². The molecule has 166 valence electrons. The number of anilines is 1. The van der Waals surface area contributed by atoms with E-state index in [0.717, 1.165) is 24.2 Å². The maximum atomic E-state index is 12.9. The third-order valence-corrected chi connectivity index (χ3v) is 6.21. The van der Waals surface area contributed by atoms with Crippen molar-refractivity contribution in [1.29, 1.82) is 0 Å². The van der Waals surface area contributed by atoms with E-state index in [4.69, 9.17) is 4.52 Å². The number of fused-ring (bicyclic) bond motifs is 1. The number of carbonyl (C=O) groups is 1. The molecular weight excluding hydrogens is 422 g/mol. The third kappa shape index (κ3) is 4.98. The first-order chi connectivity index (χ1) is 15.5. The minimum Gasteiger partial charge on any atom is -0.381 e. The number of carbonyl (C=O) groups excluding carboxylic acids is 1. The Morgan fingerprint density at radius 3 is 2.69 bits per heavy atom. The molecule has 1 amide bonds. The van der Waals surface area contributed by atoms with E-state index >= 15 is 0 Å². The molecule has 0 aliphatic heterocycles. The van der Waals surface area contributed by atoms with Crippen LogP contribution in [0.25, 0.3) is 21.7 Å². The van der Waals surface area contributed by atoms with Crippen molar-refractivity contribution in [3.8, 4) is 10.7 Å². The second-order valence-electron chi connectivity index (χ2n) is 7.80. The lowest BCUT2D eigenvalue weighted by molar-refractivity contribution is 0.0759. The average molecular weight is 450 g/mol. The van der Waals surface area contributed by atoms with Gasteiger partial charge in [0.15, 0.2) is 5.58 Å². The topological polar surface area (TPSA) is 74.5 Å². The molecule has 0 radical (unpaired) electrons. The zero-order chi connectivity index (χ0) is 22.5. The predicted molar refractivity (Wildman–Crippen MR) is 129 cm³/mol. The van der Waals surface area contributed by atoms with Crippen LogP contribution in [-0.4, -0.2) is 59.6 Å². The van der Waals surface area contributed by atoms with Crippen molar-refractivity contribution in [2.75, 3.05) is 39.0 Å². The Hall–Kier alpha value is -3.23. The molecule has 2 heterocycles. The lowest BCUT2D eigenvalue weighted by atomic mass is 10.2. The Morgan fingerprint density at radius 2 is 1.94 bits per heavy atom. The fraction of sp³-hybridized carbons (Fsp3) is 0.292. The van der Waals surface area contributed by atoms with Crippen LogP contribution < -0.4 is 5.32 Å². The predicted octanol–water partition coefficient (Wildman–Crippen LogP) is 4.59. The zero-order valence-electron chi connectivity index (χ0n) is 18.5. The quantitative estimate of drug-likeness (QED) is 0.403. The van der Waals surface area contributed by atoms with Gasteiger partial charge in [0.1, 0.15) is 15.6 Å². The zero-order valence-corrected chi connectivity index (χ0v) is 19.4. The lowest BCUT2D eigenvalue weighted by Gasteiger charge is -2.21. The van der Waals surface area contributed by atoms with Gasteiger partial charge in [-0.15, -0.1) is 11.3 Å². The van der Waals surface area contributed by atoms with Crippen LogP contribution in [0.3, 0.4) is 0 Å². The summed E-state index contributed by atoms with van der Waals surface area (Å²) in [5, 5.41) is 9.20. The van der Waals surface area contributed by atoms with Gasteiger partial charge in [-0.2, -0.15) is 0 Å². The number of nitrogens with zero attached hydrogens (tertiary/aromatic N) is 4. The van der Waals surface area contributed by atoms with Gasteiger partial charge in [0.05, 0.1) is 11.6 Å². The van der Waals surface area contributed by atoms with Gasteiger partial charge < -0.3 is 19.6 Å². The van der Waals surface area contributed by atoms with Crippen molar-refractivity contribution in [2.24, 2.45) is 0 Å². The molecule has 7 nitrogen and oxygen atoms in total. The molecule has 0 atom stereocenters. The molecule has 0 aliphatic carbocycles. The summed E-state index contributed by atoms with van der Waals surface area (Å²) in [4.78, 5) is 21.9. The van der Waals surface area contributed by atoms with Crippen LogP contribution >= 0.6 is 11.3 Å². The molecule has 0 bridgehead atoms. The van der Waals surface area contributed by atoms with Gasteiger partial charge in [0.2, 0.25) is 0 Å². The maximum absolute atomic E-state index is 12.9. The maximum Gasteiger partial charge on any atom is 0.265 e. The summed E-state index contributed by atoms with van der Waals surface area (Å²) in [6, 6.07) is 16.1. The van der Waals surface area contributed by atoms with Crippen molar-refractivity contribution >= 4 is 33.9 Å². The molecule has 32 heavy (non-hydrogen) atoms. The number of nitrogens with one attached hydrogen (secondary N) is 1. The summed E-state index contributed by atoms with van der Waals surface area (Å²) in [5.74, 6) is -0.00158. The molecule has 0 saturated heterocycles. The number of hydrogen-bond donors (Lipinski definition) is 1. The Kier molecular flexibility index (Phi) is 6.82. The molecule has 1 N–H and O–H groups in total. The van der Waals surface area contributed by atoms with Gasteiger partial charge in [0.25, 0.3) is 5.91 Å². The fourth-order valence-corrected chi connectivity index (χ4v) is 4.24. The minimum atomic E-state index is -0.00158. The van der Waals surface area contributed by atoms with Gasteiger partial charge in [0, 0.05) is 37.9 Å². The average Bonchev–Trinajstić information content (AvgIpc) is 3.45. The first kappa shape index (κ1) is 22.0. The van der Waals surface area contributed by atoms with Crippen molar-refractivity contribution in [3.63, 3.8) is 0 Å². The van der Waals surface area contributed by atoms with Gasteiger partial charge in [-0.25, -0.2) is 4.98 Å². The molecular formula is C24H27N5O2S. The number of likely N-dealkylation sites (N-methyl/N-ethyl adjacent to an activating group) is 2. The smallest absolute Gasteiger partial charge is 0.265 e. The van der Waals surface area contributed by atoms with Gasteiger partial charge >= 0.3 is 0 Å². The highest BCUT2D eigenvalue weighted by atomic mass is 32.1. The van der Waals surface area contributed by atoms with E-state index in [2.05, 4.69) is 32.5 Å². The standard InChI is InChI=1S/C24H27N5O2S/c1-4-29(13-12-28(2)3)24(30)21-16-26-23(32-21)22-19-11-10-18(14-20(19)31-27-22)25-15-17-8-6-5-7-9-17/h5-11,14,16,25H,4,12-13,15H2,1-3H3. The van der Waals surface area contributed by atoms with Crippen molar-refractivity contribution < 1.29 is 9.32 Å². The number of aromatic nitrogens is 2. The number of thiazole rings is 1. The summed E-state index contributed by atoms with van der Waals surface area (Å²) in [6.45, 7) is 4.88. The summed E-state index contributed by atoms with van der Waals surface area (Å²) >= 11 is 1.35. The van der Waals surface area contributed by atoms with E-state index in [1.54, 1.807) is 6.20 Å². The van der Waals surface area contributed by atoms with E-state index in [0.29, 0.717) is 34.3 Å². The second-order valence-corrected chi connectivity index (χ2v) is 8.83. The fourth-order valence-electron chi connectivity index (χ4n) is 3.36. The number of rotatable bonds is 9. The molecule has 0 saturated carbocycles. The van der Waals surface area contributed by atoms with Crippen molar-refractivity contribution in [1.82, 2.24) is 19.9 Å². The van der Waals surface area contributed by atoms with Crippen LogP contribution in [0, 0.1) is 0 Å². The van der Waals surface area contributed by atoms with Gasteiger partial charge in [-0.1, -0.05) is 35.5 Å². The molecule has 0 aliphatic rings. The lowest BCUT2D eigenvalue weighted by Crippen LogP contribution is -2.36. The summed E-state index contributed by atoms with van der Waals surface area (Å²) in [6.07, 6.45) is 1.64. The van der Waals surface area contributed by atoms with E-state index in [-0.39, 0.29) is 5.91 Å². The monoisotopic (exact) mass is 449 g/mol. The Morgan fingerprint density at radius 1 is 1.12 bits per heavy atom. The Labute approximate surface area is 191 Å². The molecule has 0 fully saturated rings. The first-order valence-corrected chi connectivity index (χ1v) is 11.4. The van der Waals surface area contributed by atoms with Crippen molar-refractivity contribution in [2.45, 2.75) is 13.5 Å². The van der Waals surface area contributed by atoms with Gasteiger partial charge in [-0.05, 0) is 38.7 Å². The molecule has 2 aromatic heterocycles. The number of amides is 1. The van der Waals surface area contributed by atoms with E-state index in [1.807, 2.05) is 62.3 Å². The Bertz CT molecular complexity index is 1190. The van der Waals surface area contributed by atoms with Crippen LogP contribution in [0.2, 0.25) is 0 Å². The van der Waals surface area contributed by atoms with Crippen molar-refractivity contribution in [3.05, 3.63) is 65.2 Å². The molecule has 8 heteroatoms. The van der Waals surface area contributed by atoms with Crippen LogP contribution in [0.4, 0.5) is 5.69 Å².